The van der Waals surface area contributed by atoms with E-state index in [0.29, 0.717) is 31.4 Å². The Kier molecular flexibility index (Phi) is 5.84. The lowest BCUT2D eigenvalue weighted by Crippen LogP contribution is -2.36. The molecule has 0 unspecified atom stereocenters. The molecule has 134 valence electrons. The summed E-state index contributed by atoms with van der Waals surface area (Å²) in [4.78, 5) is 12.2. The van der Waals surface area contributed by atoms with Crippen molar-refractivity contribution in [1.29, 1.82) is 0 Å². The number of rotatable bonds is 4. The van der Waals surface area contributed by atoms with Gasteiger partial charge in [0, 0.05) is 12.8 Å². The van der Waals surface area contributed by atoms with E-state index in [1.165, 1.54) is 0 Å². The van der Waals surface area contributed by atoms with E-state index < -0.39 is 15.4 Å². The summed E-state index contributed by atoms with van der Waals surface area (Å²) in [6.45, 7) is 5.82. The Morgan fingerprint density at radius 1 is 1.28 bits per heavy atom. The summed E-state index contributed by atoms with van der Waals surface area (Å²) in [6, 6.07) is 6.59. The van der Waals surface area contributed by atoms with Crippen LogP contribution in [0.1, 0.15) is 51.5 Å². The molecule has 1 saturated carbocycles. The van der Waals surface area contributed by atoms with E-state index in [1.54, 1.807) is 24.3 Å². The molecule has 1 aromatic rings. The minimum Gasteiger partial charge on any atom is -0.300 e. The highest BCUT2D eigenvalue weighted by Crippen LogP contribution is 2.41. The summed E-state index contributed by atoms with van der Waals surface area (Å²) in [6.07, 6.45) is 8.25. The van der Waals surface area contributed by atoms with Crippen molar-refractivity contribution >= 4 is 21.5 Å². The molecule has 2 atom stereocenters. The number of nitrogens with zero attached hydrogens (tertiary/aromatic N) is 1. The van der Waals surface area contributed by atoms with Crippen molar-refractivity contribution in [2.75, 3.05) is 0 Å². The number of Topliss-reactive ketones (excluding diaryl/α,β-unsaturated/α-hetero) is 1. The van der Waals surface area contributed by atoms with Gasteiger partial charge < -0.3 is 0 Å². The zero-order chi connectivity index (χ0) is 18.7. The second-order valence-corrected chi connectivity index (χ2v) is 8.44. The number of benzene rings is 1. The molecule has 0 aromatic heterocycles. The predicted octanol–water partition coefficient (Wildman–Crippen LogP) is 3.93. The van der Waals surface area contributed by atoms with Gasteiger partial charge in [0.1, 0.15) is 5.78 Å². The van der Waals surface area contributed by atoms with Gasteiger partial charge >= 0.3 is 0 Å². The molecule has 0 amide bonds. The van der Waals surface area contributed by atoms with E-state index in [2.05, 4.69) is 10.3 Å². The molecular weight excluding hydrogens is 334 g/mol. The Hall–Kier alpha value is -1.93. The van der Waals surface area contributed by atoms with Crippen molar-refractivity contribution in [2.24, 2.45) is 15.7 Å². The highest BCUT2D eigenvalue weighted by molar-refractivity contribution is 7.90. The molecule has 5 heteroatoms. The quantitative estimate of drug-likeness (QED) is 0.604. The number of hydrogen-bond donors (Lipinski definition) is 0. The minimum atomic E-state index is -3.85. The van der Waals surface area contributed by atoms with Crippen LogP contribution < -0.4 is 0 Å². The SMILES string of the molecule is C#C[C@@]1(CCC)/C(=N/S(=O)(=O)c2ccc(C)cc2)CCC(=O)C[C@@H]1C. The maximum absolute atomic E-state index is 12.8. The third-order valence-corrected chi connectivity index (χ3v) is 6.31. The van der Waals surface area contributed by atoms with Crippen molar-refractivity contribution in [3.63, 3.8) is 0 Å². The number of hydrogen-bond acceptors (Lipinski definition) is 3. The third-order valence-electron chi connectivity index (χ3n) is 4.98. The number of ketones is 1. The van der Waals surface area contributed by atoms with Gasteiger partial charge in [-0.25, -0.2) is 0 Å². The van der Waals surface area contributed by atoms with Crippen molar-refractivity contribution in [1.82, 2.24) is 0 Å². The molecule has 0 spiro atoms. The Morgan fingerprint density at radius 2 is 1.92 bits per heavy atom. The topological polar surface area (TPSA) is 63.6 Å². The fraction of sp³-hybridized carbons (Fsp3) is 0.500. The lowest BCUT2D eigenvalue weighted by atomic mass is 9.69. The van der Waals surface area contributed by atoms with Crippen LogP contribution in [0.15, 0.2) is 33.6 Å². The zero-order valence-electron chi connectivity index (χ0n) is 15.1. The standard InChI is InChI=1S/C20H25NO3S/c1-5-13-20(6-2)16(4)14-17(22)9-12-19(20)21-25(23,24)18-10-7-15(3)8-11-18/h2,7-8,10-11,16H,5,9,12-14H2,1,3-4H3/b21-19+/t16-,20-/m0/s1. The van der Waals surface area contributed by atoms with Crippen molar-refractivity contribution in [2.45, 2.75) is 57.8 Å². The summed E-state index contributed by atoms with van der Waals surface area (Å²) in [5, 5.41) is 0. The molecular formula is C20H25NO3S. The van der Waals surface area contributed by atoms with Crippen LogP contribution in [0.5, 0.6) is 0 Å². The summed E-state index contributed by atoms with van der Waals surface area (Å²) >= 11 is 0. The van der Waals surface area contributed by atoms with Gasteiger partial charge in [0.05, 0.1) is 16.0 Å². The smallest absolute Gasteiger partial charge is 0.282 e. The van der Waals surface area contributed by atoms with Crippen LogP contribution in [0.4, 0.5) is 0 Å². The fourth-order valence-corrected chi connectivity index (χ4v) is 4.63. The molecule has 0 aliphatic heterocycles. The maximum Gasteiger partial charge on any atom is 0.282 e. The molecule has 1 aliphatic rings. The Balaban J connectivity index is 2.58. The van der Waals surface area contributed by atoms with Crippen LogP contribution in [-0.4, -0.2) is 19.9 Å². The van der Waals surface area contributed by atoms with E-state index in [-0.39, 0.29) is 16.6 Å². The van der Waals surface area contributed by atoms with Gasteiger partial charge in [0.25, 0.3) is 10.0 Å². The second-order valence-electron chi connectivity index (χ2n) is 6.84. The number of sulfonamides is 1. The van der Waals surface area contributed by atoms with E-state index >= 15 is 0 Å². The Labute approximate surface area is 150 Å². The van der Waals surface area contributed by atoms with Crippen molar-refractivity contribution in [3.8, 4) is 12.3 Å². The van der Waals surface area contributed by atoms with E-state index in [4.69, 9.17) is 6.42 Å². The molecule has 25 heavy (non-hydrogen) atoms. The summed E-state index contributed by atoms with van der Waals surface area (Å²) in [7, 11) is -3.85. The van der Waals surface area contributed by atoms with Gasteiger partial charge in [0.2, 0.25) is 0 Å². The molecule has 0 N–H and O–H groups in total. The Morgan fingerprint density at radius 3 is 2.48 bits per heavy atom. The molecule has 1 aromatic carbocycles. The van der Waals surface area contributed by atoms with Crippen LogP contribution in [0.25, 0.3) is 0 Å². The van der Waals surface area contributed by atoms with Crippen molar-refractivity contribution in [3.05, 3.63) is 29.8 Å². The van der Waals surface area contributed by atoms with Gasteiger partial charge in [-0.15, -0.1) is 6.42 Å². The van der Waals surface area contributed by atoms with Gasteiger partial charge in [-0.3, -0.25) is 4.79 Å². The lowest BCUT2D eigenvalue weighted by Gasteiger charge is -2.33. The van der Waals surface area contributed by atoms with E-state index in [0.717, 1.165) is 12.0 Å². The molecule has 0 radical (unpaired) electrons. The number of aryl methyl sites for hydroxylation is 1. The number of carbonyl (C=O) groups excluding carboxylic acids is 1. The maximum atomic E-state index is 12.8. The molecule has 2 rings (SSSR count). The molecule has 4 nitrogen and oxygen atoms in total. The summed E-state index contributed by atoms with van der Waals surface area (Å²) < 4.78 is 29.7. The molecule has 0 heterocycles. The van der Waals surface area contributed by atoms with E-state index in [9.17, 15) is 13.2 Å². The van der Waals surface area contributed by atoms with Crippen LogP contribution in [0, 0.1) is 30.6 Å². The second kappa shape index (κ2) is 7.53. The first-order valence-corrected chi connectivity index (χ1v) is 10.1. The first kappa shape index (κ1) is 19.4. The summed E-state index contributed by atoms with van der Waals surface area (Å²) in [5.74, 6) is 2.80. The molecule has 0 saturated heterocycles. The third kappa shape index (κ3) is 4.01. The van der Waals surface area contributed by atoms with E-state index in [1.807, 2.05) is 20.8 Å². The average Bonchev–Trinajstić information content (AvgIpc) is 2.66. The zero-order valence-corrected chi connectivity index (χ0v) is 15.9. The predicted molar refractivity (Wildman–Crippen MR) is 100.0 cm³/mol. The molecule has 1 fully saturated rings. The fourth-order valence-electron chi connectivity index (χ4n) is 3.50. The first-order chi connectivity index (χ1) is 11.7. The largest absolute Gasteiger partial charge is 0.300 e. The van der Waals surface area contributed by atoms with Crippen LogP contribution in [0.3, 0.4) is 0 Å². The van der Waals surface area contributed by atoms with Gasteiger partial charge in [-0.05, 0) is 37.8 Å². The highest BCUT2D eigenvalue weighted by Gasteiger charge is 2.42. The van der Waals surface area contributed by atoms with Crippen LogP contribution in [0.2, 0.25) is 0 Å². The average molecular weight is 359 g/mol. The lowest BCUT2D eigenvalue weighted by molar-refractivity contribution is -0.119. The molecule has 1 aliphatic carbocycles. The highest BCUT2D eigenvalue weighted by atomic mass is 32.2. The van der Waals surface area contributed by atoms with Crippen molar-refractivity contribution < 1.29 is 13.2 Å². The van der Waals surface area contributed by atoms with Gasteiger partial charge in [-0.2, -0.15) is 12.8 Å². The Bertz CT molecular complexity index is 815. The normalized spacial score (nSPS) is 26.2. The minimum absolute atomic E-state index is 0.112. The van der Waals surface area contributed by atoms with Crippen LogP contribution in [-0.2, 0) is 14.8 Å². The van der Waals surface area contributed by atoms with Gasteiger partial charge in [-0.1, -0.05) is 43.9 Å². The number of carbonyl (C=O) groups is 1. The number of terminal acetylenes is 1. The summed E-state index contributed by atoms with van der Waals surface area (Å²) in [5.41, 5.74) is 0.651. The van der Waals surface area contributed by atoms with Gasteiger partial charge in [0.15, 0.2) is 0 Å². The first-order valence-electron chi connectivity index (χ1n) is 8.65. The monoisotopic (exact) mass is 359 g/mol. The molecule has 0 bridgehead atoms. The van der Waals surface area contributed by atoms with Crippen LogP contribution >= 0.6 is 0 Å².